The first-order valence-corrected chi connectivity index (χ1v) is 11.8. The zero-order chi connectivity index (χ0) is 24.7. The fraction of sp³-hybridized carbons (Fsp3) is 0.115. The first-order valence-electron chi connectivity index (χ1n) is 10.6. The summed E-state index contributed by atoms with van der Waals surface area (Å²) in [5, 5.41) is 12.1. The average molecular weight is 507 g/mol. The summed E-state index contributed by atoms with van der Waals surface area (Å²) in [4.78, 5) is 32.6. The van der Waals surface area contributed by atoms with Crippen molar-refractivity contribution in [3.05, 3.63) is 88.5 Å². The Morgan fingerprint density at radius 1 is 1.00 bits per heavy atom. The molecule has 1 amide bonds. The van der Waals surface area contributed by atoms with Crippen LogP contribution in [-0.4, -0.2) is 36.0 Å². The van der Waals surface area contributed by atoms with Crippen molar-refractivity contribution in [1.29, 1.82) is 0 Å². The van der Waals surface area contributed by atoms with E-state index in [1.54, 1.807) is 42.5 Å². The number of halogens is 1. The number of amides is 1. The number of carbonyl (C=O) groups is 2. The summed E-state index contributed by atoms with van der Waals surface area (Å²) in [5.41, 5.74) is 1.57. The van der Waals surface area contributed by atoms with Gasteiger partial charge >= 0.3 is 5.91 Å². The summed E-state index contributed by atoms with van der Waals surface area (Å²) in [6, 6.07) is 18.0. The van der Waals surface area contributed by atoms with E-state index in [1.165, 1.54) is 30.5 Å². The summed E-state index contributed by atoms with van der Waals surface area (Å²) in [5.74, 6) is -0.975. The van der Waals surface area contributed by atoms with Gasteiger partial charge in [0.15, 0.2) is 16.6 Å². The van der Waals surface area contributed by atoms with Gasteiger partial charge in [0.05, 0.1) is 36.1 Å². The van der Waals surface area contributed by atoms with E-state index in [9.17, 15) is 14.7 Å². The van der Waals surface area contributed by atoms with E-state index < -0.39 is 17.7 Å². The van der Waals surface area contributed by atoms with Crippen molar-refractivity contribution in [3.63, 3.8) is 0 Å². The van der Waals surface area contributed by atoms with Crippen molar-refractivity contribution in [1.82, 2.24) is 4.98 Å². The van der Waals surface area contributed by atoms with E-state index in [2.05, 4.69) is 4.98 Å². The number of para-hydroxylation sites is 1. The van der Waals surface area contributed by atoms with E-state index in [1.807, 2.05) is 24.3 Å². The fourth-order valence-corrected chi connectivity index (χ4v) is 5.21. The number of aromatic nitrogens is 1. The third kappa shape index (κ3) is 3.90. The van der Waals surface area contributed by atoms with Crippen LogP contribution in [0.3, 0.4) is 0 Å². The molecule has 35 heavy (non-hydrogen) atoms. The van der Waals surface area contributed by atoms with E-state index in [0.29, 0.717) is 38.3 Å². The largest absolute Gasteiger partial charge is 0.507 e. The van der Waals surface area contributed by atoms with Gasteiger partial charge in [0.2, 0.25) is 0 Å². The minimum atomic E-state index is -0.939. The van der Waals surface area contributed by atoms with Crippen LogP contribution in [0.1, 0.15) is 17.2 Å². The van der Waals surface area contributed by atoms with Crippen LogP contribution in [0.4, 0.5) is 5.13 Å². The van der Waals surface area contributed by atoms with Gasteiger partial charge in [-0.3, -0.25) is 14.5 Å². The molecule has 1 N–H and O–H groups in total. The number of ketones is 1. The van der Waals surface area contributed by atoms with Gasteiger partial charge in [-0.1, -0.05) is 41.1 Å². The summed E-state index contributed by atoms with van der Waals surface area (Å²) in [7, 11) is 3.02. The third-order valence-electron chi connectivity index (χ3n) is 5.77. The fourth-order valence-electron chi connectivity index (χ4n) is 4.09. The minimum absolute atomic E-state index is 0.0520. The van der Waals surface area contributed by atoms with Crippen molar-refractivity contribution in [2.45, 2.75) is 6.04 Å². The number of Topliss-reactive ketones (excluding diaryl/α,β-unsaturated/α-hetero) is 1. The standard InChI is InChI=1S/C26H19ClN2O5S/c1-33-18-12-9-15(13-19(18)34-2)22-21(23(30)14-7-10-16(27)11-8-14)24(31)25(32)29(22)26-28-17-5-3-4-6-20(17)35-26/h3-13,22,30H,1-2H3/t22-/m1/s1. The molecule has 176 valence electrons. The highest BCUT2D eigenvalue weighted by Gasteiger charge is 2.48. The number of methoxy groups -OCH3 is 2. The number of aliphatic hydroxyl groups excluding tert-OH is 1. The number of carbonyl (C=O) groups excluding carboxylic acids is 2. The Kier molecular flexibility index (Phi) is 5.92. The van der Waals surface area contributed by atoms with Crippen molar-refractivity contribution >= 4 is 55.7 Å². The molecule has 5 rings (SSSR count). The summed E-state index contributed by atoms with van der Waals surface area (Å²) in [6.07, 6.45) is 0. The predicted molar refractivity (Wildman–Crippen MR) is 135 cm³/mol. The normalized spacial score (nSPS) is 17.2. The second-order valence-corrected chi connectivity index (χ2v) is 9.20. The Bertz CT molecular complexity index is 1460. The first kappa shape index (κ1) is 22.9. The number of ether oxygens (including phenoxy) is 2. The molecule has 1 atom stereocenters. The minimum Gasteiger partial charge on any atom is -0.507 e. The molecule has 0 aliphatic carbocycles. The molecule has 3 aromatic carbocycles. The first-order chi connectivity index (χ1) is 16.9. The van der Waals surface area contributed by atoms with Crippen molar-refractivity contribution in [2.75, 3.05) is 19.1 Å². The maximum atomic E-state index is 13.4. The number of fused-ring (bicyclic) bond motifs is 1. The molecular formula is C26H19ClN2O5S. The molecule has 9 heteroatoms. The molecule has 0 radical (unpaired) electrons. The molecule has 1 aliphatic rings. The molecule has 1 aromatic heterocycles. The van der Waals surface area contributed by atoms with Crippen molar-refractivity contribution in [2.24, 2.45) is 0 Å². The number of rotatable bonds is 5. The van der Waals surface area contributed by atoms with Gasteiger partial charge in [0.25, 0.3) is 5.78 Å². The molecule has 1 fully saturated rings. The van der Waals surface area contributed by atoms with Crippen LogP contribution >= 0.6 is 22.9 Å². The van der Waals surface area contributed by atoms with Gasteiger partial charge in [-0.15, -0.1) is 0 Å². The summed E-state index contributed by atoms with van der Waals surface area (Å²) in [6.45, 7) is 0. The smallest absolute Gasteiger partial charge is 0.301 e. The van der Waals surface area contributed by atoms with E-state index in [0.717, 1.165) is 4.70 Å². The lowest BCUT2D eigenvalue weighted by atomic mass is 9.95. The molecule has 2 heterocycles. The average Bonchev–Trinajstić information content (AvgIpc) is 3.42. The Labute approximate surface area is 209 Å². The number of nitrogens with zero attached hydrogens (tertiary/aromatic N) is 2. The molecule has 0 unspecified atom stereocenters. The SMILES string of the molecule is COc1ccc([C@@H]2C(=C(O)c3ccc(Cl)cc3)C(=O)C(=O)N2c2nc3ccccc3s2)cc1OC. The van der Waals surface area contributed by atoms with Gasteiger partial charge in [-0.25, -0.2) is 4.98 Å². The van der Waals surface area contributed by atoms with Crippen molar-refractivity contribution < 1.29 is 24.2 Å². The highest BCUT2D eigenvalue weighted by molar-refractivity contribution is 7.22. The van der Waals surface area contributed by atoms with Crippen LogP contribution in [0.15, 0.2) is 72.3 Å². The van der Waals surface area contributed by atoms with E-state index in [-0.39, 0.29) is 11.3 Å². The van der Waals surface area contributed by atoms with Gasteiger partial charge in [-0.2, -0.15) is 0 Å². The molecular weight excluding hydrogens is 488 g/mol. The number of aliphatic hydroxyl groups is 1. The molecule has 1 aliphatic heterocycles. The van der Waals surface area contributed by atoms with Gasteiger partial charge in [-0.05, 0) is 54.1 Å². The highest BCUT2D eigenvalue weighted by Crippen LogP contribution is 2.45. The lowest BCUT2D eigenvalue weighted by Gasteiger charge is -2.23. The summed E-state index contributed by atoms with van der Waals surface area (Å²) < 4.78 is 11.7. The zero-order valence-electron chi connectivity index (χ0n) is 18.7. The monoisotopic (exact) mass is 506 g/mol. The number of anilines is 1. The molecule has 4 aromatic rings. The number of hydrogen-bond donors (Lipinski definition) is 1. The van der Waals surface area contributed by atoms with Crippen LogP contribution in [0.25, 0.3) is 16.0 Å². The van der Waals surface area contributed by atoms with Crippen LogP contribution in [-0.2, 0) is 9.59 Å². The van der Waals surface area contributed by atoms with Crippen LogP contribution in [0.2, 0.25) is 5.02 Å². The molecule has 1 saturated heterocycles. The predicted octanol–water partition coefficient (Wildman–Crippen LogP) is 5.59. The molecule has 0 bridgehead atoms. The molecule has 0 spiro atoms. The van der Waals surface area contributed by atoms with Gasteiger partial charge < -0.3 is 14.6 Å². The lowest BCUT2D eigenvalue weighted by molar-refractivity contribution is -0.132. The Morgan fingerprint density at radius 3 is 2.40 bits per heavy atom. The second-order valence-electron chi connectivity index (χ2n) is 7.75. The number of hydrogen-bond acceptors (Lipinski definition) is 7. The number of thiazole rings is 1. The summed E-state index contributed by atoms with van der Waals surface area (Å²) >= 11 is 7.29. The number of benzene rings is 3. The zero-order valence-corrected chi connectivity index (χ0v) is 20.3. The maximum Gasteiger partial charge on any atom is 0.301 e. The molecule has 0 saturated carbocycles. The topological polar surface area (TPSA) is 89.0 Å². The van der Waals surface area contributed by atoms with Crippen LogP contribution in [0.5, 0.6) is 11.5 Å². The van der Waals surface area contributed by atoms with Crippen LogP contribution in [0, 0.1) is 0 Å². The van der Waals surface area contributed by atoms with E-state index >= 15 is 0 Å². The Morgan fingerprint density at radius 2 is 1.71 bits per heavy atom. The second kappa shape index (κ2) is 9.05. The van der Waals surface area contributed by atoms with Crippen LogP contribution < -0.4 is 14.4 Å². The Balaban J connectivity index is 1.75. The third-order valence-corrected chi connectivity index (χ3v) is 7.06. The van der Waals surface area contributed by atoms with Crippen molar-refractivity contribution in [3.8, 4) is 11.5 Å². The van der Waals surface area contributed by atoms with E-state index in [4.69, 9.17) is 21.1 Å². The quantitative estimate of drug-likeness (QED) is 0.215. The highest BCUT2D eigenvalue weighted by atomic mass is 35.5. The van der Waals surface area contributed by atoms with Gasteiger partial charge in [0, 0.05) is 10.6 Å². The lowest BCUT2D eigenvalue weighted by Crippen LogP contribution is -2.29. The Hall–Kier alpha value is -3.88. The van der Waals surface area contributed by atoms with Gasteiger partial charge in [0.1, 0.15) is 5.76 Å². The molecule has 7 nitrogen and oxygen atoms in total. The maximum absolute atomic E-state index is 13.4.